The molecular formula is C25H41NO. The first-order valence-corrected chi connectivity index (χ1v) is 10.6. The average molecular weight is 372 g/mol. The summed E-state index contributed by atoms with van der Waals surface area (Å²) >= 11 is 0. The summed E-state index contributed by atoms with van der Waals surface area (Å²) in [6.45, 7) is 15.2. The van der Waals surface area contributed by atoms with Gasteiger partial charge in [-0.2, -0.15) is 0 Å². The smallest absolute Gasteiger partial charge is 0.0466 e. The lowest BCUT2D eigenvalue weighted by Gasteiger charge is -2.06. The molecule has 152 valence electrons. The number of benzene rings is 1. The molecule has 0 aliphatic rings. The zero-order valence-electron chi connectivity index (χ0n) is 17.7. The average Bonchev–Trinajstić information content (AvgIpc) is 2.72. The highest BCUT2D eigenvalue weighted by Gasteiger charge is 1.95. The van der Waals surface area contributed by atoms with Crippen molar-refractivity contribution in [1.29, 1.82) is 0 Å². The van der Waals surface area contributed by atoms with E-state index in [1.807, 2.05) is 26.0 Å². The zero-order valence-corrected chi connectivity index (χ0v) is 17.7. The lowest BCUT2D eigenvalue weighted by molar-refractivity contribution is 0.126. The Morgan fingerprint density at radius 2 is 1.59 bits per heavy atom. The van der Waals surface area contributed by atoms with E-state index in [0.717, 1.165) is 39.1 Å². The molecule has 1 rings (SSSR count). The third kappa shape index (κ3) is 16.3. The maximum atomic E-state index is 5.73. The van der Waals surface area contributed by atoms with Gasteiger partial charge in [0, 0.05) is 19.8 Å². The minimum atomic E-state index is 0.877. The van der Waals surface area contributed by atoms with Gasteiger partial charge in [-0.05, 0) is 49.8 Å². The molecule has 2 nitrogen and oxygen atoms in total. The van der Waals surface area contributed by atoms with Gasteiger partial charge in [0.2, 0.25) is 0 Å². The van der Waals surface area contributed by atoms with E-state index in [1.54, 1.807) is 6.08 Å². The molecule has 0 heterocycles. The second-order valence-electron chi connectivity index (χ2n) is 6.33. The molecule has 0 aliphatic carbocycles. The van der Waals surface area contributed by atoms with Crippen LogP contribution in [0.1, 0.15) is 57.9 Å². The molecule has 27 heavy (non-hydrogen) atoms. The van der Waals surface area contributed by atoms with E-state index in [9.17, 15) is 0 Å². The SMILES string of the molecule is C=C/C=C(\C=C)CNCCCCCCOCCCCc1ccccc1.CC. The Balaban J connectivity index is 0.00000326. The number of aryl methyl sites for hydroxylation is 1. The molecule has 0 radical (unpaired) electrons. The van der Waals surface area contributed by atoms with Crippen LogP contribution in [0, 0.1) is 0 Å². The van der Waals surface area contributed by atoms with Crippen molar-refractivity contribution < 1.29 is 4.74 Å². The summed E-state index contributed by atoms with van der Waals surface area (Å²) in [5, 5.41) is 3.44. The highest BCUT2D eigenvalue weighted by Crippen LogP contribution is 2.05. The van der Waals surface area contributed by atoms with Crippen LogP contribution in [0.15, 0.2) is 67.3 Å². The van der Waals surface area contributed by atoms with E-state index >= 15 is 0 Å². The predicted molar refractivity (Wildman–Crippen MR) is 121 cm³/mol. The van der Waals surface area contributed by atoms with Gasteiger partial charge >= 0.3 is 0 Å². The number of unbranched alkanes of at least 4 members (excludes halogenated alkanes) is 4. The summed E-state index contributed by atoms with van der Waals surface area (Å²) in [5.41, 5.74) is 2.62. The molecule has 0 atom stereocenters. The molecule has 0 aliphatic heterocycles. The van der Waals surface area contributed by atoms with Crippen molar-refractivity contribution in [2.24, 2.45) is 0 Å². The number of rotatable bonds is 16. The Morgan fingerprint density at radius 3 is 2.26 bits per heavy atom. The first kappa shape index (κ1) is 25.4. The fraction of sp³-hybridized carbons (Fsp3) is 0.520. The Bertz CT molecular complexity index is 478. The molecule has 0 amide bonds. The molecule has 0 spiro atoms. The number of allylic oxidation sites excluding steroid dienone is 2. The Morgan fingerprint density at radius 1 is 0.926 bits per heavy atom. The van der Waals surface area contributed by atoms with Crippen molar-refractivity contribution in [3.05, 3.63) is 72.9 Å². The summed E-state index contributed by atoms with van der Waals surface area (Å²) < 4.78 is 5.73. The second-order valence-corrected chi connectivity index (χ2v) is 6.33. The van der Waals surface area contributed by atoms with Crippen LogP contribution in [0.4, 0.5) is 0 Å². The minimum absolute atomic E-state index is 0.877. The summed E-state index contributed by atoms with van der Waals surface area (Å²) in [7, 11) is 0. The molecule has 2 heteroatoms. The molecule has 1 aromatic carbocycles. The van der Waals surface area contributed by atoms with E-state index in [1.165, 1.54) is 43.2 Å². The summed E-state index contributed by atoms with van der Waals surface area (Å²) in [6.07, 6.45) is 14.1. The molecule has 0 saturated carbocycles. The van der Waals surface area contributed by atoms with Gasteiger partial charge in [-0.3, -0.25) is 0 Å². The summed E-state index contributed by atoms with van der Waals surface area (Å²) in [5.74, 6) is 0. The van der Waals surface area contributed by atoms with Crippen LogP contribution in [0.5, 0.6) is 0 Å². The van der Waals surface area contributed by atoms with Gasteiger partial charge < -0.3 is 10.1 Å². The van der Waals surface area contributed by atoms with Crippen molar-refractivity contribution in [2.45, 2.75) is 58.8 Å². The van der Waals surface area contributed by atoms with Crippen LogP contribution < -0.4 is 5.32 Å². The summed E-state index contributed by atoms with van der Waals surface area (Å²) in [4.78, 5) is 0. The lowest BCUT2D eigenvalue weighted by atomic mass is 10.1. The molecule has 0 unspecified atom stereocenters. The van der Waals surface area contributed by atoms with Gasteiger partial charge in [-0.1, -0.05) is 88.4 Å². The van der Waals surface area contributed by atoms with Crippen molar-refractivity contribution in [3.63, 3.8) is 0 Å². The van der Waals surface area contributed by atoms with Gasteiger partial charge in [0.05, 0.1) is 0 Å². The Kier molecular flexibility index (Phi) is 19.4. The number of nitrogens with one attached hydrogen (secondary N) is 1. The van der Waals surface area contributed by atoms with Crippen LogP contribution in [0.3, 0.4) is 0 Å². The molecule has 0 bridgehead atoms. The fourth-order valence-corrected chi connectivity index (χ4v) is 2.67. The topological polar surface area (TPSA) is 21.3 Å². The van der Waals surface area contributed by atoms with Gasteiger partial charge in [0.15, 0.2) is 0 Å². The lowest BCUT2D eigenvalue weighted by Crippen LogP contribution is -2.17. The predicted octanol–water partition coefficient (Wildman–Crippen LogP) is 6.50. The maximum Gasteiger partial charge on any atom is 0.0466 e. The molecule has 1 aromatic rings. The van der Waals surface area contributed by atoms with Crippen LogP contribution >= 0.6 is 0 Å². The first-order chi connectivity index (χ1) is 13.4. The van der Waals surface area contributed by atoms with Crippen LogP contribution in [-0.2, 0) is 11.2 Å². The van der Waals surface area contributed by atoms with Crippen molar-refractivity contribution >= 4 is 0 Å². The third-order valence-corrected chi connectivity index (χ3v) is 4.16. The second kappa shape index (κ2) is 20.7. The van der Waals surface area contributed by atoms with Gasteiger partial charge in [-0.15, -0.1) is 0 Å². The van der Waals surface area contributed by atoms with Crippen molar-refractivity contribution in [1.82, 2.24) is 5.32 Å². The fourth-order valence-electron chi connectivity index (χ4n) is 2.67. The monoisotopic (exact) mass is 371 g/mol. The standard InChI is InChI=1S/C23H35NO.C2H6/c1-3-14-22(4-2)21-24-18-11-5-6-12-19-25-20-13-10-17-23-15-8-7-9-16-23;1-2/h3-4,7-9,14-16,24H,1-2,5-6,10-13,17-21H2;1-2H3/b22-14+;. The minimum Gasteiger partial charge on any atom is -0.381 e. The van der Waals surface area contributed by atoms with Crippen LogP contribution in [0.25, 0.3) is 0 Å². The Labute approximate surface area is 168 Å². The van der Waals surface area contributed by atoms with E-state index in [-0.39, 0.29) is 0 Å². The van der Waals surface area contributed by atoms with Crippen molar-refractivity contribution in [2.75, 3.05) is 26.3 Å². The highest BCUT2D eigenvalue weighted by molar-refractivity contribution is 5.22. The van der Waals surface area contributed by atoms with Crippen LogP contribution in [-0.4, -0.2) is 26.3 Å². The molecule has 0 fully saturated rings. The zero-order chi connectivity index (χ0) is 20.0. The number of hydrogen-bond acceptors (Lipinski definition) is 2. The van der Waals surface area contributed by atoms with Crippen LogP contribution in [0.2, 0.25) is 0 Å². The van der Waals surface area contributed by atoms with E-state index in [4.69, 9.17) is 4.74 Å². The normalized spacial score (nSPS) is 10.8. The van der Waals surface area contributed by atoms with Gasteiger partial charge in [-0.25, -0.2) is 0 Å². The van der Waals surface area contributed by atoms with Gasteiger partial charge in [0.1, 0.15) is 0 Å². The molecule has 1 N–H and O–H groups in total. The maximum absolute atomic E-state index is 5.73. The summed E-state index contributed by atoms with van der Waals surface area (Å²) in [6, 6.07) is 10.7. The molecule has 0 aromatic heterocycles. The number of hydrogen-bond donors (Lipinski definition) is 1. The van der Waals surface area contributed by atoms with Crippen molar-refractivity contribution in [3.8, 4) is 0 Å². The highest BCUT2D eigenvalue weighted by atomic mass is 16.5. The molecular weight excluding hydrogens is 330 g/mol. The quantitative estimate of drug-likeness (QED) is 0.264. The van der Waals surface area contributed by atoms with E-state index in [0.29, 0.717) is 0 Å². The van der Waals surface area contributed by atoms with Gasteiger partial charge in [0.25, 0.3) is 0 Å². The number of ether oxygens (including phenoxy) is 1. The van der Waals surface area contributed by atoms with E-state index < -0.39 is 0 Å². The third-order valence-electron chi connectivity index (χ3n) is 4.16. The Hall–Kier alpha value is -1.64. The van der Waals surface area contributed by atoms with E-state index in [2.05, 4.69) is 48.8 Å². The first-order valence-electron chi connectivity index (χ1n) is 10.6. The largest absolute Gasteiger partial charge is 0.381 e. The molecule has 0 saturated heterocycles.